The molecule has 0 N–H and O–H groups in total. The molecule has 0 bridgehead atoms. The molecule has 0 radical (unpaired) electrons. The smallest absolute Gasteiger partial charge is 0.245 e. The van der Waals surface area contributed by atoms with Crippen LogP contribution in [0.15, 0.2) is 95.9 Å². The van der Waals surface area contributed by atoms with Gasteiger partial charge in [-0.25, -0.2) is 17.2 Å². The number of halogens is 2. The Morgan fingerprint density at radius 2 is 1.50 bits per heavy atom. The van der Waals surface area contributed by atoms with Crippen LogP contribution in [0.1, 0.15) is 20.3 Å². The van der Waals surface area contributed by atoms with E-state index >= 15 is 4.39 Å². The maximum atomic E-state index is 15.2. The van der Waals surface area contributed by atoms with Crippen LogP contribution in [-0.4, -0.2) is 32.4 Å². The average Bonchev–Trinajstić information content (AvgIpc) is 2.98. The Labute approximate surface area is 223 Å². The number of sulfonamides is 1. The van der Waals surface area contributed by atoms with Gasteiger partial charge in [0.05, 0.1) is 5.69 Å². The molecule has 0 unspecified atom stereocenters. The summed E-state index contributed by atoms with van der Waals surface area (Å²) in [6, 6.07) is 25.0. The van der Waals surface area contributed by atoms with E-state index in [2.05, 4.69) is 13.8 Å². The van der Waals surface area contributed by atoms with Crippen LogP contribution >= 0.6 is 0 Å². The van der Waals surface area contributed by atoms with E-state index in [9.17, 15) is 12.8 Å². The number of fused-ring (bicyclic) bond motifs is 1. The summed E-state index contributed by atoms with van der Waals surface area (Å²) >= 11 is 0. The highest BCUT2D eigenvalue weighted by atomic mass is 32.2. The van der Waals surface area contributed by atoms with E-state index in [-0.39, 0.29) is 16.9 Å². The van der Waals surface area contributed by atoms with Crippen molar-refractivity contribution in [3.63, 3.8) is 0 Å². The highest BCUT2D eigenvalue weighted by Gasteiger charge is 2.38. The van der Waals surface area contributed by atoms with Crippen molar-refractivity contribution < 1.29 is 17.2 Å². The second-order valence-corrected chi connectivity index (χ2v) is 12.1. The number of likely N-dealkylation sites (N-methyl/N-ethyl adjacent to an activating group) is 1. The fourth-order valence-electron chi connectivity index (χ4n) is 5.15. The molecule has 1 aliphatic heterocycles. The predicted molar refractivity (Wildman–Crippen MR) is 149 cm³/mol. The van der Waals surface area contributed by atoms with Crippen molar-refractivity contribution in [1.82, 2.24) is 4.31 Å². The van der Waals surface area contributed by atoms with Crippen LogP contribution in [0.4, 0.5) is 20.2 Å². The standard InChI is InChI=1S/C31H30F2N2O2S/c1-21(2)17-25-20-35(24-9-5-4-6-10-24)30-18-28(26-11-7-8-12-29(26)33)27(22-13-15-23(32)16-14-22)19-31(30)38(36,37)34(25)3/h4-16,18-19,21,25H,17,20H2,1-3H3/t25-/m1/s1. The minimum atomic E-state index is -3.92. The lowest BCUT2D eigenvalue weighted by Crippen LogP contribution is -2.41. The molecule has 4 nitrogen and oxygen atoms in total. The van der Waals surface area contributed by atoms with E-state index in [0.29, 0.717) is 40.9 Å². The third-order valence-corrected chi connectivity index (χ3v) is 9.02. The molecule has 0 aliphatic carbocycles. The zero-order chi connectivity index (χ0) is 27.0. The number of rotatable bonds is 5. The van der Waals surface area contributed by atoms with E-state index in [1.807, 2.05) is 35.2 Å². The summed E-state index contributed by atoms with van der Waals surface area (Å²) in [5.41, 5.74) is 3.33. The maximum Gasteiger partial charge on any atom is 0.245 e. The monoisotopic (exact) mass is 532 g/mol. The molecule has 4 aromatic carbocycles. The van der Waals surface area contributed by atoms with Crippen molar-refractivity contribution in [3.05, 3.63) is 103 Å². The molecule has 0 fully saturated rings. The molecule has 0 amide bonds. The van der Waals surface area contributed by atoms with E-state index in [1.54, 1.807) is 49.5 Å². The summed E-state index contributed by atoms with van der Waals surface area (Å²) in [5, 5.41) is 0. The van der Waals surface area contributed by atoms with Gasteiger partial charge in [-0.15, -0.1) is 0 Å². The molecule has 1 atom stereocenters. The highest BCUT2D eigenvalue weighted by molar-refractivity contribution is 7.89. The van der Waals surface area contributed by atoms with Crippen LogP contribution in [0.2, 0.25) is 0 Å². The minimum absolute atomic E-state index is 0.134. The van der Waals surface area contributed by atoms with E-state index in [1.165, 1.54) is 22.5 Å². The first-order chi connectivity index (χ1) is 18.2. The van der Waals surface area contributed by atoms with Gasteiger partial charge >= 0.3 is 0 Å². The van der Waals surface area contributed by atoms with Crippen molar-refractivity contribution in [1.29, 1.82) is 0 Å². The molecule has 5 rings (SSSR count). The van der Waals surface area contributed by atoms with Crippen molar-refractivity contribution in [2.75, 3.05) is 18.5 Å². The first kappa shape index (κ1) is 26.1. The summed E-state index contributed by atoms with van der Waals surface area (Å²) in [4.78, 5) is 2.15. The molecule has 1 aliphatic rings. The van der Waals surface area contributed by atoms with Crippen LogP contribution in [-0.2, 0) is 10.0 Å². The van der Waals surface area contributed by atoms with Gasteiger partial charge in [0.1, 0.15) is 16.5 Å². The minimum Gasteiger partial charge on any atom is -0.339 e. The zero-order valence-electron chi connectivity index (χ0n) is 21.6. The molecule has 4 aromatic rings. The molecular weight excluding hydrogens is 502 g/mol. The Morgan fingerprint density at radius 3 is 2.16 bits per heavy atom. The Balaban J connectivity index is 1.85. The van der Waals surface area contributed by atoms with E-state index in [4.69, 9.17) is 0 Å². The number of hydrogen-bond acceptors (Lipinski definition) is 3. The van der Waals surface area contributed by atoms with E-state index in [0.717, 1.165) is 5.69 Å². The first-order valence-electron chi connectivity index (χ1n) is 12.7. The number of benzene rings is 4. The number of hydrogen-bond donors (Lipinski definition) is 0. The first-order valence-corrected chi connectivity index (χ1v) is 14.1. The van der Waals surface area contributed by atoms with Gasteiger partial charge in [-0.1, -0.05) is 62.4 Å². The van der Waals surface area contributed by atoms with Crippen LogP contribution in [0.5, 0.6) is 0 Å². The highest BCUT2D eigenvalue weighted by Crippen LogP contribution is 2.45. The number of nitrogens with zero attached hydrogens (tertiary/aromatic N) is 2. The Hall–Kier alpha value is -3.55. The molecule has 1 heterocycles. The fraction of sp³-hybridized carbons (Fsp3) is 0.226. The van der Waals surface area contributed by atoms with Crippen LogP contribution in [0.25, 0.3) is 22.3 Å². The molecule has 0 saturated heterocycles. The van der Waals surface area contributed by atoms with Crippen LogP contribution < -0.4 is 4.90 Å². The van der Waals surface area contributed by atoms with Crippen LogP contribution in [0, 0.1) is 17.6 Å². The summed E-state index contributed by atoms with van der Waals surface area (Å²) in [6.45, 7) is 4.60. The van der Waals surface area contributed by atoms with Gasteiger partial charge in [0.15, 0.2) is 0 Å². The molecule has 0 spiro atoms. The van der Waals surface area contributed by atoms with Gasteiger partial charge in [0.2, 0.25) is 10.0 Å². The molecule has 0 saturated carbocycles. The quantitative estimate of drug-likeness (QED) is 0.267. The van der Waals surface area contributed by atoms with Gasteiger partial charge < -0.3 is 4.90 Å². The summed E-state index contributed by atoms with van der Waals surface area (Å²) in [7, 11) is -2.29. The van der Waals surface area contributed by atoms with Crippen molar-refractivity contribution >= 4 is 21.4 Å². The van der Waals surface area contributed by atoms with Gasteiger partial charge in [-0.05, 0) is 71.5 Å². The maximum absolute atomic E-state index is 15.2. The zero-order valence-corrected chi connectivity index (χ0v) is 22.4. The summed E-state index contributed by atoms with van der Waals surface area (Å²) in [5.74, 6) is -0.552. The average molecular weight is 533 g/mol. The number of para-hydroxylation sites is 1. The topological polar surface area (TPSA) is 40.6 Å². The van der Waals surface area contributed by atoms with Gasteiger partial charge in [0.25, 0.3) is 0 Å². The summed E-state index contributed by atoms with van der Waals surface area (Å²) < 4.78 is 58.7. The van der Waals surface area contributed by atoms with Gasteiger partial charge in [0, 0.05) is 30.9 Å². The van der Waals surface area contributed by atoms with E-state index < -0.39 is 21.7 Å². The van der Waals surface area contributed by atoms with Crippen LogP contribution in [0.3, 0.4) is 0 Å². The molecule has 7 heteroatoms. The SMILES string of the molecule is CC(C)C[C@@H]1CN(c2ccccc2)c2cc(-c3ccccc3F)c(-c3ccc(F)cc3)cc2S(=O)(=O)N1C. The third-order valence-electron chi connectivity index (χ3n) is 7.09. The lowest BCUT2D eigenvalue weighted by Gasteiger charge is -2.30. The Morgan fingerprint density at radius 1 is 0.842 bits per heavy atom. The third kappa shape index (κ3) is 4.84. The molecule has 196 valence electrons. The second-order valence-electron chi connectivity index (χ2n) is 10.1. The normalized spacial score (nSPS) is 17.3. The lowest BCUT2D eigenvalue weighted by molar-refractivity contribution is 0.326. The van der Waals surface area contributed by atoms with Gasteiger partial charge in [-0.2, -0.15) is 4.31 Å². The number of anilines is 2. The second kappa shape index (κ2) is 10.3. The predicted octanol–water partition coefficient (Wildman–Crippen LogP) is 7.49. The largest absolute Gasteiger partial charge is 0.339 e. The lowest BCUT2D eigenvalue weighted by atomic mass is 9.93. The summed E-state index contributed by atoms with van der Waals surface area (Å²) in [6.07, 6.45) is 0.679. The molecule has 38 heavy (non-hydrogen) atoms. The van der Waals surface area contributed by atoms with Crippen molar-refractivity contribution in [2.45, 2.75) is 31.2 Å². The molecular formula is C31H30F2N2O2S. The fourth-order valence-corrected chi connectivity index (χ4v) is 6.71. The Kier molecular flexibility index (Phi) is 7.07. The van der Waals surface area contributed by atoms with Crippen molar-refractivity contribution in [2.24, 2.45) is 5.92 Å². The van der Waals surface area contributed by atoms with Gasteiger partial charge in [-0.3, -0.25) is 0 Å². The Bertz CT molecular complexity index is 1560. The molecule has 0 aromatic heterocycles. The van der Waals surface area contributed by atoms with Crippen molar-refractivity contribution in [3.8, 4) is 22.3 Å².